The first kappa shape index (κ1) is 24.1. The highest BCUT2D eigenvalue weighted by Crippen LogP contribution is 2.34. The van der Waals surface area contributed by atoms with Crippen molar-refractivity contribution >= 4 is 17.5 Å². The van der Waals surface area contributed by atoms with Crippen LogP contribution in [0.3, 0.4) is 0 Å². The van der Waals surface area contributed by atoms with Gasteiger partial charge in [0.15, 0.2) is 11.6 Å². The summed E-state index contributed by atoms with van der Waals surface area (Å²) >= 11 is 0. The van der Waals surface area contributed by atoms with Crippen LogP contribution < -0.4 is 16.0 Å². The monoisotopic (exact) mass is 479 g/mol. The number of halogens is 3. The van der Waals surface area contributed by atoms with Crippen LogP contribution in [-0.2, 0) is 11.3 Å². The van der Waals surface area contributed by atoms with Crippen LogP contribution in [0.25, 0.3) is 0 Å². The standard InChI is InChI=1S/C22H28F3N7O2/c23-19-21(28-8-14-5-6-31(10-17(14)33)11-18(26)34)29-12-30-22(19)32(15-2-3-15)9-13-1-4-16(20(24)25)27-7-13/h1,4,7,12,14-15,17,20,33H,2-3,5-6,8-11H2,(H2,26,34)(H,28,29,30)/t14-,17-/m0/s1. The van der Waals surface area contributed by atoms with Gasteiger partial charge >= 0.3 is 0 Å². The van der Waals surface area contributed by atoms with Gasteiger partial charge in [-0.05, 0) is 37.4 Å². The fourth-order valence-corrected chi connectivity index (χ4v) is 4.18. The van der Waals surface area contributed by atoms with Gasteiger partial charge in [0.05, 0.1) is 12.6 Å². The zero-order valence-corrected chi connectivity index (χ0v) is 18.6. The minimum absolute atomic E-state index is 0.0357. The lowest BCUT2D eigenvalue weighted by molar-refractivity contribution is -0.120. The Bertz CT molecular complexity index is 991. The van der Waals surface area contributed by atoms with E-state index in [1.54, 1.807) is 15.9 Å². The number of aliphatic hydroxyl groups is 1. The number of nitrogens with zero attached hydrogens (tertiary/aromatic N) is 5. The Morgan fingerprint density at radius 3 is 2.68 bits per heavy atom. The molecule has 1 amide bonds. The number of alkyl halides is 2. The fourth-order valence-electron chi connectivity index (χ4n) is 4.18. The molecule has 0 bridgehead atoms. The second-order valence-electron chi connectivity index (χ2n) is 8.81. The molecule has 2 fully saturated rings. The van der Waals surface area contributed by atoms with Gasteiger partial charge in [-0.1, -0.05) is 6.07 Å². The maximum atomic E-state index is 15.4. The van der Waals surface area contributed by atoms with E-state index < -0.39 is 24.3 Å². The van der Waals surface area contributed by atoms with Gasteiger partial charge in [-0.3, -0.25) is 14.7 Å². The Hall–Kier alpha value is -2.99. The summed E-state index contributed by atoms with van der Waals surface area (Å²) in [5.41, 5.74) is 5.59. The lowest BCUT2D eigenvalue weighted by Crippen LogP contribution is -2.48. The predicted octanol–water partition coefficient (Wildman–Crippen LogP) is 1.70. The van der Waals surface area contributed by atoms with Crippen LogP contribution in [0.4, 0.5) is 24.8 Å². The zero-order valence-electron chi connectivity index (χ0n) is 18.6. The van der Waals surface area contributed by atoms with E-state index in [0.717, 1.165) is 12.8 Å². The Balaban J connectivity index is 1.41. The molecule has 1 saturated heterocycles. The minimum Gasteiger partial charge on any atom is -0.391 e. The van der Waals surface area contributed by atoms with Crippen molar-refractivity contribution in [2.24, 2.45) is 11.7 Å². The first-order chi connectivity index (χ1) is 16.3. The number of aromatic nitrogens is 3. The van der Waals surface area contributed by atoms with E-state index in [9.17, 15) is 18.7 Å². The molecular formula is C22H28F3N7O2. The van der Waals surface area contributed by atoms with Crippen molar-refractivity contribution in [1.29, 1.82) is 0 Å². The molecule has 3 heterocycles. The summed E-state index contributed by atoms with van der Waals surface area (Å²) in [5.74, 6) is -1.02. The van der Waals surface area contributed by atoms with Crippen molar-refractivity contribution in [3.05, 3.63) is 41.7 Å². The number of amides is 1. The van der Waals surface area contributed by atoms with Crippen molar-refractivity contribution in [3.63, 3.8) is 0 Å². The highest BCUT2D eigenvalue weighted by Gasteiger charge is 2.33. The maximum Gasteiger partial charge on any atom is 0.280 e. The van der Waals surface area contributed by atoms with Gasteiger partial charge in [0.1, 0.15) is 12.0 Å². The number of nitrogens with two attached hydrogens (primary N) is 1. The molecule has 0 aromatic carbocycles. The maximum absolute atomic E-state index is 15.4. The number of nitrogens with one attached hydrogen (secondary N) is 1. The van der Waals surface area contributed by atoms with Crippen molar-refractivity contribution in [3.8, 4) is 0 Å². The van der Waals surface area contributed by atoms with E-state index in [1.807, 2.05) is 0 Å². The number of β-amino-alcohol motifs (C(OH)–C–C–N with tert-alkyl or cyclic N) is 1. The number of carbonyl (C=O) groups excluding carboxylic acids is 1. The number of rotatable bonds is 10. The van der Waals surface area contributed by atoms with Gasteiger partial charge < -0.3 is 21.1 Å². The van der Waals surface area contributed by atoms with Gasteiger partial charge in [0.25, 0.3) is 6.43 Å². The molecule has 1 aliphatic carbocycles. The van der Waals surface area contributed by atoms with Gasteiger partial charge in [0, 0.05) is 37.8 Å². The average molecular weight is 480 g/mol. The molecule has 0 radical (unpaired) electrons. The first-order valence-electron chi connectivity index (χ1n) is 11.2. The summed E-state index contributed by atoms with van der Waals surface area (Å²) in [7, 11) is 0. The molecule has 2 aliphatic rings. The lowest BCUT2D eigenvalue weighted by Gasteiger charge is -2.35. The Morgan fingerprint density at radius 2 is 2.06 bits per heavy atom. The number of primary amides is 1. The van der Waals surface area contributed by atoms with E-state index in [4.69, 9.17) is 5.73 Å². The number of likely N-dealkylation sites (tertiary alicyclic amines) is 1. The van der Waals surface area contributed by atoms with Crippen LogP contribution in [0.15, 0.2) is 24.7 Å². The molecule has 2 aromatic rings. The number of pyridine rings is 1. The van der Waals surface area contributed by atoms with Crippen molar-refractivity contribution in [1.82, 2.24) is 19.9 Å². The molecule has 2 aromatic heterocycles. The SMILES string of the molecule is NC(=O)CN1CC[C@@H](CNc2ncnc(N(Cc3ccc(C(F)F)nc3)C3CC3)c2F)[C@@H](O)C1. The molecule has 1 aliphatic heterocycles. The summed E-state index contributed by atoms with van der Waals surface area (Å²) in [6.45, 7) is 1.61. The smallest absolute Gasteiger partial charge is 0.280 e. The Morgan fingerprint density at radius 1 is 1.26 bits per heavy atom. The number of hydrogen-bond donors (Lipinski definition) is 3. The van der Waals surface area contributed by atoms with Crippen LogP contribution in [0.2, 0.25) is 0 Å². The van der Waals surface area contributed by atoms with Crippen LogP contribution >= 0.6 is 0 Å². The lowest BCUT2D eigenvalue weighted by atomic mass is 9.93. The molecular weight excluding hydrogens is 451 g/mol. The normalized spacial score (nSPS) is 21.0. The van der Waals surface area contributed by atoms with Crippen molar-refractivity contribution in [2.75, 3.05) is 36.4 Å². The Labute approximate surface area is 195 Å². The summed E-state index contributed by atoms with van der Waals surface area (Å²) < 4.78 is 40.9. The number of anilines is 2. The van der Waals surface area contributed by atoms with Crippen molar-refractivity contribution < 1.29 is 23.1 Å². The fraction of sp³-hybridized carbons (Fsp3) is 0.545. The van der Waals surface area contributed by atoms with E-state index in [-0.39, 0.29) is 42.4 Å². The van der Waals surface area contributed by atoms with E-state index in [2.05, 4.69) is 20.3 Å². The first-order valence-corrected chi connectivity index (χ1v) is 11.2. The van der Waals surface area contributed by atoms with E-state index in [1.165, 1.54) is 18.6 Å². The van der Waals surface area contributed by atoms with Gasteiger partial charge in [-0.25, -0.2) is 18.7 Å². The van der Waals surface area contributed by atoms with Gasteiger partial charge in [-0.2, -0.15) is 4.39 Å². The van der Waals surface area contributed by atoms with Crippen LogP contribution in [0.5, 0.6) is 0 Å². The number of aliphatic hydroxyl groups excluding tert-OH is 1. The molecule has 12 heteroatoms. The third-order valence-corrected chi connectivity index (χ3v) is 6.17. The average Bonchev–Trinajstić information content (AvgIpc) is 3.63. The second kappa shape index (κ2) is 10.5. The van der Waals surface area contributed by atoms with Crippen LogP contribution in [0.1, 0.15) is 36.9 Å². The van der Waals surface area contributed by atoms with Crippen LogP contribution in [-0.4, -0.2) is 69.2 Å². The predicted molar refractivity (Wildman–Crippen MR) is 119 cm³/mol. The summed E-state index contributed by atoms with van der Waals surface area (Å²) in [6.07, 6.45) is 1.71. The van der Waals surface area contributed by atoms with Crippen LogP contribution in [0, 0.1) is 11.7 Å². The topological polar surface area (TPSA) is 120 Å². The molecule has 9 nitrogen and oxygen atoms in total. The minimum atomic E-state index is -2.64. The summed E-state index contributed by atoms with van der Waals surface area (Å²) in [4.78, 5) is 26.7. The van der Waals surface area contributed by atoms with Crippen molar-refractivity contribution in [2.45, 2.75) is 44.4 Å². The third-order valence-electron chi connectivity index (χ3n) is 6.17. The third kappa shape index (κ3) is 5.92. The molecule has 1 saturated carbocycles. The largest absolute Gasteiger partial charge is 0.391 e. The molecule has 2 atom stereocenters. The molecule has 0 spiro atoms. The second-order valence-corrected chi connectivity index (χ2v) is 8.81. The Kier molecular flexibility index (Phi) is 7.47. The summed E-state index contributed by atoms with van der Waals surface area (Å²) in [5, 5.41) is 13.4. The highest BCUT2D eigenvalue weighted by molar-refractivity contribution is 5.75. The highest BCUT2D eigenvalue weighted by atomic mass is 19.3. The number of carbonyl (C=O) groups is 1. The van der Waals surface area contributed by atoms with E-state index >= 15 is 4.39 Å². The number of hydrogen-bond acceptors (Lipinski definition) is 8. The molecule has 34 heavy (non-hydrogen) atoms. The number of piperidine rings is 1. The quantitative estimate of drug-likeness (QED) is 0.471. The molecule has 4 N–H and O–H groups in total. The van der Waals surface area contributed by atoms with Gasteiger partial charge in [-0.15, -0.1) is 0 Å². The molecule has 184 valence electrons. The van der Waals surface area contributed by atoms with E-state index in [0.29, 0.717) is 31.6 Å². The van der Waals surface area contributed by atoms with Gasteiger partial charge in [0.2, 0.25) is 11.7 Å². The molecule has 0 unspecified atom stereocenters. The zero-order chi connectivity index (χ0) is 24.2. The summed E-state index contributed by atoms with van der Waals surface area (Å²) in [6, 6.07) is 2.94. The molecule has 4 rings (SSSR count).